The zero-order valence-corrected chi connectivity index (χ0v) is 12.4. The Labute approximate surface area is 123 Å². The summed E-state index contributed by atoms with van der Waals surface area (Å²) in [4.78, 5) is 4.15. The van der Waals surface area contributed by atoms with E-state index in [1.807, 2.05) is 13.0 Å². The van der Waals surface area contributed by atoms with Gasteiger partial charge in [-0.3, -0.25) is 4.98 Å². The van der Waals surface area contributed by atoms with Crippen LogP contribution in [0, 0.1) is 5.82 Å². The van der Waals surface area contributed by atoms with E-state index in [1.165, 1.54) is 13.2 Å². The third-order valence-electron chi connectivity index (χ3n) is 3.19. The van der Waals surface area contributed by atoms with Gasteiger partial charge in [-0.15, -0.1) is 0 Å². The molecule has 0 aliphatic rings. The fourth-order valence-corrected chi connectivity index (χ4v) is 2.21. The van der Waals surface area contributed by atoms with Crippen LogP contribution in [0.1, 0.15) is 24.1 Å². The number of rotatable bonds is 6. The standard InChI is InChI=1S/C16H19FN2O2/c1-4-21-13-7-11(9-19-10-13)16(18-2)14-6-5-12(20-3)8-15(14)17/h5-10,16,18H,4H2,1-3H3. The Morgan fingerprint density at radius 3 is 2.67 bits per heavy atom. The normalized spacial score (nSPS) is 12.0. The number of halogens is 1. The lowest BCUT2D eigenvalue weighted by molar-refractivity contribution is 0.338. The number of nitrogens with one attached hydrogen (secondary N) is 1. The van der Waals surface area contributed by atoms with Crippen molar-refractivity contribution in [1.29, 1.82) is 0 Å². The summed E-state index contributed by atoms with van der Waals surface area (Å²) < 4.78 is 24.7. The molecule has 1 atom stereocenters. The van der Waals surface area contributed by atoms with Crippen molar-refractivity contribution >= 4 is 0 Å². The third kappa shape index (κ3) is 3.49. The molecule has 1 aromatic heterocycles. The van der Waals surface area contributed by atoms with Gasteiger partial charge in [-0.1, -0.05) is 6.07 Å². The SMILES string of the molecule is CCOc1cncc(C(NC)c2ccc(OC)cc2F)c1. The molecule has 21 heavy (non-hydrogen) atoms. The van der Waals surface area contributed by atoms with Gasteiger partial charge in [0.05, 0.1) is 26.0 Å². The first kappa shape index (κ1) is 15.3. The van der Waals surface area contributed by atoms with Gasteiger partial charge in [0.15, 0.2) is 0 Å². The molecule has 112 valence electrons. The van der Waals surface area contributed by atoms with E-state index in [4.69, 9.17) is 9.47 Å². The summed E-state index contributed by atoms with van der Waals surface area (Å²) in [7, 11) is 3.29. The molecule has 1 aromatic carbocycles. The van der Waals surface area contributed by atoms with Crippen LogP contribution in [0.4, 0.5) is 4.39 Å². The van der Waals surface area contributed by atoms with Gasteiger partial charge >= 0.3 is 0 Å². The quantitative estimate of drug-likeness (QED) is 0.888. The summed E-state index contributed by atoms with van der Waals surface area (Å²) in [5.74, 6) is 0.840. The van der Waals surface area contributed by atoms with Gasteiger partial charge in [-0.05, 0) is 31.7 Å². The molecule has 0 fully saturated rings. The lowest BCUT2D eigenvalue weighted by atomic mass is 9.99. The van der Waals surface area contributed by atoms with Crippen molar-refractivity contribution in [3.63, 3.8) is 0 Å². The minimum absolute atomic E-state index is 0.302. The maximum absolute atomic E-state index is 14.2. The van der Waals surface area contributed by atoms with Gasteiger partial charge < -0.3 is 14.8 Å². The summed E-state index contributed by atoms with van der Waals surface area (Å²) in [6, 6.07) is 6.38. The Kier molecular flexibility index (Phi) is 5.11. The highest BCUT2D eigenvalue weighted by Crippen LogP contribution is 2.28. The summed E-state index contributed by atoms with van der Waals surface area (Å²) in [6.45, 7) is 2.47. The van der Waals surface area contributed by atoms with E-state index in [2.05, 4.69) is 10.3 Å². The minimum Gasteiger partial charge on any atom is -0.497 e. The summed E-state index contributed by atoms with van der Waals surface area (Å²) in [5, 5.41) is 3.11. The van der Waals surface area contributed by atoms with Gasteiger partial charge in [0.2, 0.25) is 0 Å². The molecule has 0 radical (unpaired) electrons. The van der Waals surface area contributed by atoms with E-state index in [1.54, 1.807) is 31.6 Å². The largest absolute Gasteiger partial charge is 0.497 e. The second-order valence-corrected chi connectivity index (χ2v) is 4.50. The van der Waals surface area contributed by atoms with Crippen LogP contribution in [0.3, 0.4) is 0 Å². The average Bonchev–Trinajstić information content (AvgIpc) is 2.50. The molecule has 1 heterocycles. The fourth-order valence-electron chi connectivity index (χ4n) is 2.21. The van der Waals surface area contributed by atoms with Crippen molar-refractivity contribution in [2.75, 3.05) is 20.8 Å². The second-order valence-electron chi connectivity index (χ2n) is 4.50. The van der Waals surface area contributed by atoms with Crippen LogP contribution in [0.2, 0.25) is 0 Å². The average molecular weight is 290 g/mol. The Balaban J connectivity index is 2.37. The van der Waals surface area contributed by atoms with E-state index in [-0.39, 0.29) is 11.9 Å². The number of ether oxygens (including phenoxy) is 2. The van der Waals surface area contributed by atoms with E-state index < -0.39 is 0 Å². The molecule has 1 N–H and O–H groups in total. The van der Waals surface area contributed by atoms with Gasteiger partial charge in [-0.25, -0.2) is 4.39 Å². The highest BCUT2D eigenvalue weighted by Gasteiger charge is 2.17. The first-order valence-electron chi connectivity index (χ1n) is 6.78. The summed E-state index contributed by atoms with van der Waals surface area (Å²) in [5.41, 5.74) is 1.38. The lowest BCUT2D eigenvalue weighted by Crippen LogP contribution is -2.19. The zero-order valence-electron chi connectivity index (χ0n) is 12.4. The highest BCUT2D eigenvalue weighted by atomic mass is 19.1. The molecule has 0 bridgehead atoms. The molecular formula is C16H19FN2O2. The van der Waals surface area contributed by atoms with Crippen LogP contribution in [0.5, 0.6) is 11.5 Å². The maximum Gasteiger partial charge on any atom is 0.137 e. The number of hydrogen-bond donors (Lipinski definition) is 1. The minimum atomic E-state index is -0.324. The van der Waals surface area contributed by atoms with Crippen molar-refractivity contribution in [2.24, 2.45) is 0 Å². The molecule has 1 unspecified atom stereocenters. The van der Waals surface area contributed by atoms with Crippen molar-refractivity contribution in [1.82, 2.24) is 10.3 Å². The van der Waals surface area contributed by atoms with Gasteiger partial charge in [-0.2, -0.15) is 0 Å². The number of methoxy groups -OCH3 is 1. The van der Waals surface area contributed by atoms with Crippen molar-refractivity contribution in [3.05, 3.63) is 53.6 Å². The van der Waals surface area contributed by atoms with Crippen molar-refractivity contribution in [2.45, 2.75) is 13.0 Å². The van der Waals surface area contributed by atoms with Crippen LogP contribution >= 0.6 is 0 Å². The van der Waals surface area contributed by atoms with Gasteiger partial charge in [0.25, 0.3) is 0 Å². The van der Waals surface area contributed by atoms with Crippen LogP contribution < -0.4 is 14.8 Å². The molecule has 0 spiro atoms. The van der Waals surface area contributed by atoms with Gasteiger partial charge in [0.1, 0.15) is 17.3 Å². The highest BCUT2D eigenvalue weighted by molar-refractivity contribution is 5.37. The number of benzene rings is 1. The summed E-state index contributed by atoms with van der Waals surface area (Å²) in [6.07, 6.45) is 3.34. The number of hydrogen-bond acceptors (Lipinski definition) is 4. The number of nitrogens with zero attached hydrogens (tertiary/aromatic N) is 1. The number of pyridine rings is 1. The molecule has 0 saturated heterocycles. The molecule has 5 heteroatoms. The predicted octanol–water partition coefficient (Wildman–Crippen LogP) is 2.94. The van der Waals surface area contributed by atoms with Crippen molar-refractivity contribution < 1.29 is 13.9 Å². The lowest BCUT2D eigenvalue weighted by Gasteiger charge is -2.18. The predicted molar refractivity (Wildman–Crippen MR) is 79.3 cm³/mol. The zero-order chi connectivity index (χ0) is 15.2. The van der Waals surface area contributed by atoms with Crippen LogP contribution in [0.25, 0.3) is 0 Å². The molecule has 4 nitrogen and oxygen atoms in total. The second kappa shape index (κ2) is 7.04. The molecule has 2 aromatic rings. The Hall–Kier alpha value is -2.14. The Morgan fingerprint density at radius 2 is 2.05 bits per heavy atom. The van der Waals surface area contributed by atoms with E-state index in [0.29, 0.717) is 23.7 Å². The van der Waals surface area contributed by atoms with Gasteiger partial charge in [0, 0.05) is 17.8 Å². The molecule has 0 amide bonds. The molecule has 2 rings (SSSR count). The van der Waals surface area contributed by atoms with Crippen LogP contribution in [-0.4, -0.2) is 25.7 Å². The summed E-state index contributed by atoms with van der Waals surface area (Å²) >= 11 is 0. The Morgan fingerprint density at radius 1 is 1.24 bits per heavy atom. The molecular weight excluding hydrogens is 271 g/mol. The third-order valence-corrected chi connectivity index (χ3v) is 3.19. The van der Waals surface area contributed by atoms with Crippen LogP contribution in [0.15, 0.2) is 36.7 Å². The smallest absolute Gasteiger partial charge is 0.137 e. The monoisotopic (exact) mass is 290 g/mol. The van der Waals surface area contributed by atoms with E-state index in [0.717, 1.165) is 5.56 Å². The van der Waals surface area contributed by atoms with E-state index >= 15 is 0 Å². The topological polar surface area (TPSA) is 43.4 Å². The van der Waals surface area contributed by atoms with Crippen LogP contribution in [-0.2, 0) is 0 Å². The fraction of sp³-hybridized carbons (Fsp3) is 0.312. The molecule has 0 saturated carbocycles. The van der Waals surface area contributed by atoms with Crippen molar-refractivity contribution in [3.8, 4) is 11.5 Å². The first-order chi connectivity index (χ1) is 10.2. The first-order valence-corrected chi connectivity index (χ1v) is 6.78. The number of aromatic nitrogens is 1. The Bertz CT molecular complexity index is 605. The van der Waals surface area contributed by atoms with E-state index in [9.17, 15) is 4.39 Å². The maximum atomic E-state index is 14.2. The molecule has 0 aliphatic heterocycles. The molecule has 0 aliphatic carbocycles.